The minimum atomic E-state index is -3.88. The lowest BCUT2D eigenvalue weighted by molar-refractivity contribution is -0.200. The monoisotopic (exact) mass is 750 g/mol. The zero-order valence-corrected chi connectivity index (χ0v) is 34.7. The van der Waals surface area contributed by atoms with Gasteiger partial charge in [0, 0.05) is 5.41 Å². The van der Waals surface area contributed by atoms with Crippen LogP contribution in [0.25, 0.3) is 0 Å². The summed E-state index contributed by atoms with van der Waals surface area (Å²) < 4.78 is 66.2. The number of fused-ring (bicyclic) bond motifs is 7. The molecule has 0 aliphatic heterocycles. The Morgan fingerprint density at radius 3 is 1.87 bits per heavy atom. The van der Waals surface area contributed by atoms with Crippen LogP contribution >= 0.6 is 0 Å². The van der Waals surface area contributed by atoms with Crippen LogP contribution in [0.5, 0.6) is 0 Å². The number of aryl methyl sites for hydroxylation is 2. The second kappa shape index (κ2) is 12.5. The van der Waals surface area contributed by atoms with Gasteiger partial charge in [-0.15, -0.1) is 0 Å². The van der Waals surface area contributed by atoms with Gasteiger partial charge < -0.3 is 0 Å². The maximum Gasteiger partial charge on any atom is 0.297 e. The van der Waals surface area contributed by atoms with E-state index in [-0.39, 0.29) is 60.9 Å². The Bertz CT molecular complexity index is 1950. The van der Waals surface area contributed by atoms with Crippen LogP contribution in [0.15, 0.2) is 70.0 Å². The Balaban J connectivity index is 1.17. The molecule has 4 fully saturated rings. The molecular formula is C44H62O6S2. The lowest BCUT2D eigenvalue weighted by Crippen LogP contribution is -2.65. The van der Waals surface area contributed by atoms with E-state index in [0.29, 0.717) is 11.8 Å². The number of hydrogen-bond donors (Lipinski definition) is 0. The first-order chi connectivity index (χ1) is 24.1. The van der Waals surface area contributed by atoms with Crippen molar-refractivity contribution in [2.75, 3.05) is 6.61 Å². The van der Waals surface area contributed by atoms with E-state index in [2.05, 4.69) is 54.5 Å². The third-order valence-electron chi connectivity index (χ3n) is 16.1. The van der Waals surface area contributed by atoms with E-state index in [1.54, 1.807) is 29.8 Å². The van der Waals surface area contributed by atoms with E-state index in [0.717, 1.165) is 75.3 Å². The molecule has 8 atom stereocenters. The number of benzene rings is 2. The molecule has 7 rings (SSSR count). The van der Waals surface area contributed by atoms with Crippen molar-refractivity contribution in [1.82, 2.24) is 0 Å². The molecule has 8 unspecified atom stereocenters. The predicted molar refractivity (Wildman–Crippen MR) is 207 cm³/mol. The van der Waals surface area contributed by atoms with Gasteiger partial charge in [-0.05, 0) is 147 Å². The van der Waals surface area contributed by atoms with Crippen molar-refractivity contribution < 1.29 is 25.2 Å². The van der Waals surface area contributed by atoms with Crippen LogP contribution in [0, 0.1) is 64.1 Å². The highest BCUT2D eigenvalue weighted by molar-refractivity contribution is 7.87. The van der Waals surface area contributed by atoms with Crippen LogP contribution in [0.3, 0.4) is 0 Å². The summed E-state index contributed by atoms with van der Waals surface area (Å²) in [5, 5.41) is 0. The first kappa shape index (κ1) is 38.3. The lowest BCUT2D eigenvalue weighted by atomic mass is 9.33. The topological polar surface area (TPSA) is 86.7 Å². The molecule has 0 amide bonds. The van der Waals surface area contributed by atoms with E-state index >= 15 is 0 Å². The van der Waals surface area contributed by atoms with Crippen LogP contribution in [0.4, 0.5) is 0 Å². The molecule has 0 radical (unpaired) electrons. The van der Waals surface area contributed by atoms with Gasteiger partial charge in [0.2, 0.25) is 0 Å². The third-order valence-corrected chi connectivity index (χ3v) is 18.7. The number of hydrogen-bond acceptors (Lipinski definition) is 6. The van der Waals surface area contributed by atoms with Crippen LogP contribution in [-0.2, 0) is 28.6 Å². The van der Waals surface area contributed by atoms with Crippen molar-refractivity contribution in [3.8, 4) is 0 Å². The summed E-state index contributed by atoms with van der Waals surface area (Å²) in [5.74, 6) is 1.07. The van der Waals surface area contributed by atoms with Gasteiger partial charge in [-0.1, -0.05) is 95.5 Å². The molecule has 52 heavy (non-hydrogen) atoms. The maximum absolute atomic E-state index is 13.5. The minimum Gasteiger partial charge on any atom is -0.266 e. The molecule has 6 nitrogen and oxygen atoms in total. The van der Waals surface area contributed by atoms with Gasteiger partial charge >= 0.3 is 0 Å². The molecule has 5 aliphatic carbocycles. The van der Waals surface area contributed by atoms with Gasteiger partial charge in [0.05, 0.1) is 22.5 Å². The molecule has 0 aromatic heterocycles. The average molecular weight is 751 g/mol. The van der Waals surface area contributed by atoms with Gasteiger partial charge in [-0.25, -0.2) is 0 Å². The second-order valence-corrected chi connectivity index (χ2v) is 23.0. The molecule has 0 spiro atoms. The first-order valence-electron chi connectivity index (χ1n) is 19.8. The molecule has 0 bridgehead atoms. The normalized spacial score (nSPS) is 38.2. The van der Waals surface area contributed by atoms with Crippen molar-refractivity contribution in [3.05, 3.63) is 71.3 Å². The summed E-state index contributed by atoms with van der Waals surface area (Å²) in [6, 6.07) is 14.0. The van der Waals surface area contributed by atoms with Crippen LogP contribution in [0.2, 0.25) is 0 Å². The van der Waals surface area contributed by atoms with Crippen molar-refractivity contribution in [2.24, 2.45) is 50.2 Å². The van der Waals surface area contributed by atoms with Crippen molar-refractivity contribution in [3.63, 3.8) is 0 Å². The number of rotatable bonds is 7. The molecule has 4 saturated carbocycles. The van der Waals surface area contributed by atoms with Crippen LogP contribution in [-0.4, -0.2) is 29.5 Å². The molecule has 2 aromatic rings. The van der Waals surface area contributed by atoms with Gasteiger partial charge in [-0.3, -0.25) is 8.37 Å². The second-order valence-electron chi connectivity index (χ2n) is 19.8. The fourth-order valence-electron chi connectivity index (χ4n) is 12.6. The largest absolute Gasteiger partial charge is 0.297 e. The summed E-state index contributed by atoms with van der Waals surface area (Å²) in [6.45, 7) is 21.0. The van der Waals surface area contributed by atoms with E-state index in [9.17, 15) is 16.8 Å². The third kappa shape index (κ3) is 5.99. The smallest absolute Gasteiger partial charge is 0.266 e. The maximum atomic E-state index is 13.5. The Morgan fingerprint density at radius 2 is 1.25 bits per heavy atom. The van der Waals surface area contributed by atoms with Crippen LogP contribution in [0.1, 0.15) is 124 Å². The summed E-state index contributed by atoms with van der Waals surface area (Å²) in [5.41, 5.74) is 3.36. The highest BCUT2D eigenvalue weighted by Gasteiger charge is 2.68. The molecule has 0 saturated heterocycles. The first-order valence-corrected chi connectivity index (χ1v) is 22.6. The van der Waals surface area contributed by atoms with E-state index in [1.165, 1.54) is 0 Å². The standard InChI is InChI=1S/C44H62O6S2/c1-30-10-14-32(15-11-30)51(45,46)49-29-44-26-24-39(3,4)28-35(44)34-18-19-37-41(7)22-21-38(50-52(47,48)33-16-12-31(2)13-17-33)40(5,6)36(41)20-23-43(37,9)42(34,8)25-27-44/h10-18,35-38H,19-29H2,1-9H3. The SMILES string of the molecule is Cc1ccc(S(=O)(=O)OCC23CCC(C)(C)CC2C2=CCC4C5(C)CCC(OS(=O)(=O)c6ccc(C)cc6)C(C)(C)C5CCC4(C)C2(C)CC3)cc1. The Labute approximate surface area is 314 Å². The summed E-state index contributed by atoms with van der Waals surface area (Å²) in [6.07, 6.45) is 12.1. The van der Waals surface area contributed by atoms with Gasteiger partial charge in [0.25, 0.3) is 20.2 Å². The minimum absolute atomic E-state index is 0.00636. The van der Waals surface area contributed by atoms with E-state index in [1.807, 2.05) is 38.1 Å². The van der Waals surface area contributed by atoms with Gasteiger partial charge in [-0.2, -0.15) is 16.8 Å². The van der Waals surface area contributed by atoms with Crippen LogP contribution < -0.4 is 0 Å². The van der Waals surface area contributed by atoms with Crippen molar-refractivity contribution in [1.29, 1.82) is 0 Å². The van der Waals surface area contributed by atoms with Crippen molar-refractivity contribution in [2.45, 2.75) is 142 Å². The van der Waals surface area contributed by atoms with E-state index < -0.39 is 20.2 Å². The lowest BCUT2D eigenvalue weighted by Gasteiger charge is -2.71. The molecule has 0 N–H and O–H groups in total. The molecular weight excluding hydrogens is 689 g/mol. The highest BCUT2D eigenvalue weighted by Crippen LogP contribution is 2.76. The summed E-state index contributed by atoms with van der Waals surface area (Å²) in [4.78, 5) is 0.463. The fourth-order valence-corrected chi connectivity index (χ4v) is 14.9. The molecule has 8 heteroatoms. The molecule has 2 aromatic carbocycles. The average Bonchev–Trinajstić information content (AvgIpc) is 3.06. The number of allylic oxidation sites excluding steroid dienone is 2. The van der Waals surface area contributed by atoms with E-state index in [4.69, 9.17) is 8.37 Å². The van der Waals surface area contributed by atoms with Crippen molar-refractivity contribution >= 4 is 20.2 Å². The molecule has 286 valence electrons. The van der Waals surface area contributed by atoms with Gasteiger partial charge in [0.1, 0.15) is 0 Å². The van der Waals surface area contributed by atoms with Gasteiger partial charge in [0.15, 0.2) is 0 Å². The quantitative estimate of drug-likeness (QED) is 0.207. The Morgan fingerprint density at radius 1 is 0.673 bits per heavy atom. The summed E-state index contributed by atoms with van der Waals surface area (Å²) >= 11 is 0. The summed E-state index contributed by atoms with van der Waals surface area (Å²) in [7, 11) is -7.75. The zero-order chi connectivity index (χ0) is 37.8. The zero-order valence-electron chi connectivity index (χ0n) is 33.0. The Hall–Kier alpha value is -2.00. The fraction of sp³-hybridized carbons (Fsp3) is 0.682. The predicted octanol–water partition coefficient (Wildman–Crippen LogP) is 10.6. The Kier molecular flexibility index (Phi) is 9.21. The molecule has 5 aliphatic rings. The highest BCUT2D eigenvalue weighted by atomic mass is 32.2. The molecule has 0 heterocycles.